The highest BCUT2D eigenvalue weighted by Crippen LogP contribution is 2.27. The van der Waals surface area contributed by atoms with Crippen LogP contribution in [0.15, 0.2) is 29.1 Å². The molecular formula is C10H8BrN7O. The summed E-state index contributed by atoms with van der Waals surface area (Å²) in [4.78, 5) is 12.3. The maximum Gasteiger partial charge on any atom is 0.242 e. The smallest absolute Gasteiger partial charge is 0.242 e. The number of pyridine rings is 1. The highest BCUT2D eigenvalue weighted by atomic mass is 79.9. The Morgan fingerprint density at radius 1 is 1.26 bits per heavy atom. The molecule has 0 aromatic carbocycles. The van der Waals surface area contributed by atoms with Crippen LogP contribution in [0, 0.1) is 0 Å². The maximum atomic E-state index is 5.67. The van der Waals surface area contributed by atoms with Crippen LogP contribution in [0.1, 0.15) is 0 Å². The average Bonchev–Trinajstić information content (AvgIpc) is 2.87. The quantitative estimate of drug-likeness (QED) is 0.495. The number of halogens is 1. The van der Waals surface area contributed by atoms with E-state index in [9.17, 15) is 0 Å². The molecule has 0 aliphatic carbocycles. The van der Waals surface area contributed by atoms with Gasteiger partial charge < -0.3 is 4.74 Å². The van der Waals surface area contributed by atoms with Crippen molar-refractivity contribution < 1.29 is 4.74 Å². The molecule has 0 amide bonds. The maximum absolute atomic E-state index is 5.67. The molecule has 3 heterocycles. The zero-order chi connectivity index (χ0) is 13.2. The second-order valence-corrected chi connectivity index (χ2v) is 4.49. The first kappa shape index (κ1) is 11.8. The van der Waals surface area contributed by atoms with E-state index in [2.05, 4.69) is 46.5 Å². The van der Waals surface area contributed by atoms with Crippen molar-refractivity contribution in [2.24, 2.45) is 5.84 Å². The van der Waals surface area contributed by atoms with Crippen molar-refractivity contribution in [2.75, 3.05) is 5.43 Å². The zero-order valence-corrected chi connectivity index (χ0v) is 11.0. The number of nitrogen functional groups attached to an aromatic ring is 1. The highest BCUT2D eigenvalue weighted by Gasteiger charge is 2.11. The molecule has 3 aromatic rings. The van der Waals surface area contributed by atoms with Crippen molar-refractivity contribution in [1.29, 1.82) is 0 Å². The number of nitrogens with one attached hydrogen (secondary N) is 2. The molecule has 4 N–H and O–H groups in total. The average molecular weight is 322 g/mol. The Morgan fingerprint density at radius 2 is 2.16 bits per heavy atom. The van der Waals surface area contributed by atoms with Gasteiger partial charge in [-0.1, -0.05) is 0 Å². The molecule has 0 saturated heterocycles. The topological polar surface area (TPSA) is 115 Å². The van der Waals surface area contributed by atoms with Crippen LogP contribution >= 0.6 is 15.9 Å². The lowest BCUT2D eigenvalue weighted by atomic mass is 10.4. The van der Waals surface area contributed by atoms with E-state index in [4.69, 9.17) is 10.6 Å². The number of H-pyrrole nitrogens is 1. The fourth-order valence-corrected chi connectivity index (χ4v) is 1.85. The van der Waals surface area contributed by atoms with Gasteiger partial charge >= 0.3 is 0 Å². The summed E-state index contributed by atoms with van der Waals surface area (Å²) in [5, 5.41) is 7.28. The Bertz CT molecular complexity index is 729. The first-order chi connectivity index (χ1) is 9.26. The molecule has 96 valence electrons. The van der Waals surface area contributed by atoms with Gasteiger partial charge in [-0.05, 0) is 22.0 Å². The monoisotopic (exact) mass is 321 g/mol. The van der Waals surface area contributed by atoms with Crippen LogP contribution in [-0.2, 0) is 0 Å². The lowest BCUT2D eigenvalue weighted by Gasteiger charge is -2.06. The molecule has 0 aliphatic heterocycles. The van der Waals surface area contributed by atoms with Crippen LogP contribution in [0.5, 0.6) is 11.6 Å². The largest absolute Gasteiger partial charge is 0.436 e. The van der Waals surface area contributed by atoms with Gasteiger partial charge in [0.15, 0.2) is 5.65 Å². The Hall–Kier alpha value is -2.26. The molecule has 9 heteroatoms. The number of hydrazine groups is 1. The van der Waals surface area contributed by atoms with Gasteiger partial charge in [0.2, 0.25) is 11.8 Å². The molecule has 3 rings (SSSR count). The lowest BCUT2D eigenvalue weighted by molar-refractivity contribution is 0.466. The fraction of sp³-hybridized carbons (Fsp3) is 0. The third kappa shape index (κ3) is 2.33. The normalized spacial score (nSPS) is 10.6. The molecular weight excluding hydrogens is 314 g/mol. The van der Waals surface area contributed by atoms with Crippen LogP contribution in [0.4, 0.5) is 5.95 Å². The first-order valence-electron chi connectivity index (χ1n) is 5.22. The number of hydrogen-bond acceptors (Lipinski definition) is 7. The number of aromatic amines is 1. The Labute approximate surface area is 115 Å². The van der Waals surface area contributed by atoms with E-state index in [1.54, 1.807) is 24.7 Å². The van der Waals surface area contributed by atoms with E-state index in [0.717, 1.165) is 4.47 Å². The Morgan fingerprint density at radius 3 is 2.95 bits per heavy atom. The van der Waals surface area contributed by atoms with E-state index in [0.29, 0.717) is 22.7 Å². The van der Waals surface area contributed by atoms with Crippen molar-refractivity contribution in [3.63, 3.8) is 0 Å². The van der Waals surface area contributed by atoms with Crippen molar-refractivity contribution in [1.82, 2.24) is 25.1 Å². The van der Waals surface area contributed by atoms with Crippen molar-refractivity contribution in [3.8, 4) is 11.6 Å². The first-order valence-corrected chi connectivity index (χ1v) is 6.01. The van der Waals surface area contributed by atoms with Gasteiger partial charge in [0, 0.05) is 10.7 Å². The Balaban J connectivity index is 2.06. The molecule has 0 bridgehead atoms. The highest BCUT2D eigenvalue weighted by molar-refractivity contribution is 9.10. The van der Waals surface area contributed by atoms with Gasteiger partial charge in [0.1, 0.15) is 11.1 Å². The summed E-state index contributed by atoms with van der Waals surface area (Å²) in [5.74, 6) is 6.42. The van der Waals surface area contributed by atoms with E-state index >= 15 is 0 Å². The number of ether oxygens (including phenoxy) is 1. The van der Waals surface area contributed by atoms with Crippen LogP contribution in [0.3, 0.4) is 0 Å². The summed E-state index contributed by atoms with van der Waals surface area (Å²) in [6.45, 7) is 0. The molecule has 0 atom stereocenters. The molecule has 0 fully saturated rings. The SMILES string of the molecule is NNc1nc(Oc2cncc(Br)c2)c2cn[nH]c2n1. The molecule has 0 aliphatic rings. The van der Waals surface area contributed by atoms with Crippen LogP contribution < -0.4 is 16.0 Å². The number of anilines is 1. The molecule has 0 saturated carbocycles. The number of fused-ring (bicyclic) bond motifs is 1. The van der Waals surface area contributed by atoms with Gasteiger partial charge in [-0.25, -0.2) is 5.84 Å². The second-order valence-electron chi connectivity index (χ2n) is 3.57. The van der Waals surface area contributed by atoms with Crippen molar-refractivity contribution in [2.45, 2.75) is 0 Å². The van der Waals surface area contributed by atoms with E-state index in [-0.39, 0.29) is 5.95 Å². The number of nitrogens with two attached hydrogens (primary N) is 1. The number of nitrogens with zero attached hydrogens (tertiary/aromatic N) is 4. The van der Waals surface area contributed by atoms with Gasteiger partial charge in [-0.15, -0.1) is 0 Å². The predicted molar refractivity (Wildman–Crippen MR) is 71.5 cm³/mol. The van der Waals surface area contributed by atoms with Gasteiger partial charge in [0.25, 0.3) is 0 Å². The van der Waals surface area contributed by atoms with Crippen LogP contribution in [-0.4, -0.2) is 25.1 Å². The van der Waals surface area contributed by atoms with Crippen LogP contribution in [0.25, 0.3) is 11.0 Å². The third-order valence-corrected chi connectivity index (χ3v) is 2.73. The summed E-state index contributed by atoms with van der Waals surface area (Å²) in [6.07, 6.45) is 4.82. The summed E-state index contributed by atoms with van der Waals surface area (Å²) < 4.78 is 6.48. The Kier molecular flexibility index (Phi) is 2.97. The van der Waals surface area contributed by atoms with Crippen molar-refractivity contribution in [3.05, 3.63) is 29.1 Å². The van der Waals surface area contributed by atoms with Gasteiger partial charge in [0.05, 0.1) is 12.4 Å². The summed E-state index contributed by atoms with van der Waals surface area (Å²) in [7, 11) is 0. The summed E-state index contributed by atoms with van der Waals surface area (Å²) in [5.41, 5.74) is 2.90. The minimum Gasteiger partial charge on any atom is -0.436 e. The van der Waals surface area contributed by atoms with E-state index in [1.165, 1.54) is 0 Å². The van der Waals surface area contributed by atoms with E-state index < -0.39 is 0 Å². The second kappa shape index (κ2) is 4.78. The minimum atomic E-state index is 0.231. The molecule has 3 aromatic heterocycles. The van der Waals surface area contributed by atoms with Gasteiger partial charge in [-0.3, -0.25) is 15.5 Å². The van der Waals surface area contributed by atoms with E-state index in [1.807, 2.05) is 0 Å². The molecule has 8 nitrogen and oxygen atoms in total. The third-order valence-electron chi connectivity index (χ3n) is 2.30. The van der Waals surface area contributed by atoms with Crippen LogP contribution in [0.2, 0.25) is 0 Å². The molecule has 0 spiro atoms. The standard InChI is InChI=1S/C10H8BrN7O/c11-5-1-6(3-13-2-5)19-9-7-4-14-18-8(7)15-10(16-9)17-12/h1-4H,12H2,(H2,14,15,16,17,18). The molecule has 0 unspecified atom stereocenters. The number of rotatable bonds is 3. The van der Waals surface area contributed by atoms with Gasteiger partial charge in [-0.2, -0.15) is 15.1 Å². The number of hydrogen-bond donors (Lipinski definition) is 3. The molecule has 19 heavy (non-hydrogen) atoms. The summed E-state index contributed by atoms with van der Waals surface area (Å²) >= 11 is 3.32. The minimum absolute atomic E-state index is 0.231. The predicted octanol–water partition coefficient (Wildman–Crippen LogP) is 1.59. The van der Waals surface area contributed by atoms with Crippen molar-refractivity contribution >= 4 is 32.9 Å². The number of aromatic nitrogens is 5. The lowest BCUT2D eigenvalue weighted by Crippen LogP contribution is -2.10. The zero-order valence-electron chi connectivity index (χ0n) is 9.46. The fourth-order valence-electron chi connectivity index (χ4n) is 1.51. The summed E-state index contributed by atoms with van der Waals surface area (Å²) in [6, 6.07) is 1.77. The molecule has 0 radical (unpaired) electrons.